The molecule has 0 aliphatic carbocycles. The summed E-state index contributed by atoms with van der Waals surface area (Å²) < 4.78 is 18.3. The van der Waals surface area contributed by atoms with Gasteiger partial charge in [0.1, 0.15) is 11.6 Å². The van der Waals surface area contributed by atoms with Gasteiger partial charge in [-0.3, -0.25) is 4.79 Å². The van der Waals surface area contributed by atoms with Gasteiger partial charge in [-0.25, -0.2) is 4.39 Å². The number of nitrogens with one attached hydrogen (secondary N) is 1. The first-order valence-electron chi connectivity index (χ1n) is 4.13. The fourth-order valence-corrected chi connectivity index (χ4v) is 1.30. The average molecular weight is 252 g/mol. The number of rotatable bonds is 3. The van der Waals surface area contributed by atoms with Crippen molar-refractivity contribution in [1.82, 2.24) is 0 Å². The van der Waals surface area contributed by atoms with Gasteiger partial charge in [0.2, 0.25) is 0 Å². The minimum absolute atomic E-state index is 0.0668. The van der Waals surface area contributed by atoms with E-state index in [1.54, 1.807) is 6.92 Å². The van der Waals surface area contributed by atoms with Gasteiger partial charge in [0.15, 0.2) is 0 Å². The molecule has 0 bridgehead atoms. The van der Waals surface area contributed by atoms with Gasteiger partial charge in [-0.05, 0) is 24.6 Å². The van der Waals surface area contributed by atoms with Gasteiger partial charge in [-0.2, -0.15) is 0 Å². The molecular formula is C9H8Cl2FNO2. The number of benzene rings is 1. The molecule has 0 spiro atoms. The summed E-state index contributed by atoms with van der Waals surface area (Å²) in [7, 11) is 0. The highest BCUT2D eigenvalue weighted by molar-refractivity contribution is 6.65. The maximum Gasteiger partial charge on any atom is 0.318 e. The van der Waals surface area contributed by atoms with E-state index in [4.69, 9.17) is 27.9 Å². The number of anilines is 1. The summed E-state index contributed by atoms with van der Waals surface area (Å²) in [6.07, 6.45) is 0. The summed E-state index contributed by atoms with van der Waals surface area (Å²) in [5.74, 6) is -0.376. The molecular weight excluding hydrogens is 244 g/mol. The second-order valence-electron chi connectivity index (χ2n) is 2.59. The monoisotopic (exact) mass is 251 g/mol. The van der Waals surface area contributed by atoms with E-state index in [9.17, 15) is 9.18 Å². The number of ether oxygens (including phenoxy) is 1. The quantitative estimate of drug-likeness (QED) is 0.658. The minimum Gasteiger partial charge on any atom is -0.492 e. The van der Waals surface area contributed by atoms with Gasteiger partial charge in [-0.15, -0.1) is 0 Å². The van der Waals surface area contributed by atoms with E-state index in [-0.39, 0.29) is 10.7 Å². The van der Waals surface area contributed by atoms with E-state index in [1.807, 2.05) is 0 Å². The number of halogens is 3. The fourth-order valence-electron chi connectivity index (χ4n) is 0.997. The van der Waals surface area contributed by atoms with Crippen molar-refractivity contribution < 1.29 is 13.9 Å². The molecule has 0 heterocycles. The molecule has 0 saturated heterocycles. The lowest BCUT2D eigenvalue weighted by Gasteiger charge is -2.09. The number of carbonyl (C=O) groups excluding carboxylic acids is 1. The topological polar surface area (TPSA) is 38.3 Å². The summed E-state index contributed by atoms with van der Waals surface area (Å²) >= 11 is 10.8. The van der Waals surface area contributed by atoms with Crippen LogP contribution >= 0.6 is 23.2 Å². The third kappa shape index (κ3) is 3.25. The fraction of sp³-hybridized carbons (Fsp3) is 0.222. The molecule has 3 nitrogen and oxygen atoms in total. The second kappa shape index (κ2) is 5.19. The first-order valence-corrected chi connectivity index (χ1v) is 4.88. The van der Waals surface area contributed by atoms with E-state index >= 15 is 0 Å². The predicted molar refractivity (Wildman–Crippen MR) is 57.5 cm³/mol. The highest BCUT2D eigenvalue weighted by atomic mass is 35.5. The smallest absolute Gasteiger partial charge is 0.318 e. The van der Waals surface area contributed by atoms with E-state index < -0.39 is 11.2 Å². The van der Waals surface area contributed by atoms with Gasteiger partial charge >= 0.3 is 5.37 Å². The highest BCUT2D eigenvalue weighted by Gasteiger charge is 2.10. The maximum atomic E-state index is 13.2. The lowest BCUT2D eigenvalue weighted by molar-refractivity contribution is 0.269. The van der Waals surface area contributed by atoms with Crippen LogP contribution in [0.15, 0.2) is 12.1 Å². The van der Waals surface area contributed by atoms with Crippen LogP contribution in [0, 0.1) is 5.82 Å². The van der Waals surface area contributed by atoms with Crippen LogP contribution < -0.4 is 10.1 Å². The van der Waals surface area contributed by atoms with E-state index in [0.29, 0.717) is 12.4 Å². The maximum absolute atomic E-state index is 13.2. The molecule has 0 saturated carbocycles. The zero-order chi connectivity index (χ0) is 11.4. The van der Waals surface area contributed by atoms with Gasteiger partial charge in [0.05, 0.1) is 17.3 Å². The predicted octanol–water partition coefficient (Wildman–Crippen LogP) is 3.65. The Balaban J connectivity index is 3.05. The molecule has 1 amide bonds. The van der Waals surface area contributed by atoms with Crippen molar-refractivity contribution in [1.29, 1.82) is 0 Å². The van der Waals surface area contributed by atoms with E-state index in [1.165, 1.54) is 6.07 Å². The van der Waals surface area contributed by atoms with Crippen molar-refractivity contribution >= 4 is 34.3 Å². The van der Waals surface area contributed by atoms with Crippen molar-refractivity contribution in [2.24, 2.45) is 0 Å². The Hall–Kier alpha value is -1.00. The molecule has 82 valence electrons. The summed E-state index contributed by atoms with van der Waals surface area (Å²) in [5, 5.41) is 1.38. The second-order valence-corrected chi connectivity index (χ2v) is 3.34. The van der Waals surface area contributed by atoms with Crippen LogP contribution in [0.1, 0.15) is 6.92 Å². The molecule has 0 aliphatic heterocycles. The number of hydrogen-bond acceptors (Lipinski definition) is 2. The normalized spacial score (nSPS) is 9.87. The molecule has 6 heteroatoms. The van der Waals surface area contributed by atoms with Crippen molar-refractivity contribution in [3.05, 3.63) is 23.0 Å². The lowest BCUT2D eigenvalue weighted by atomic mass is 10.3. The van der Waals surface area contributed by atoms with Crippen LogP contribution in [0.4, 0.5) is 14.9 Å². The first kappa shape index (κ1) is 12.1. The van der Waals surface area contributed by atoms with E-state index in [0.717, 1.165) is 6.07 Å². The van der Waals surface area contributed by atoms with Crippen LogP contribution in [0.2, 0.25) is 5.02 Å². The van der Waals surface area contributed by atoms with Crippen LogP contribution in [-0.4, -0.2) is 12.0 Å². The molecule has 0 aliphatic rings. The molecule has 1 aromatic carbocycles. The highest BCUT2D eigenvalue weighted by Crippen LogP contribution is 2.30. The Morgan fingerprint density at radius 1 is 1.60 bits per heavy atom. The molecule has 15 heavy (non-hydrogen) atoms. The Morgan fingerprint density at radius 2 is 2.27 bits per heavy atom. The summed E-state index contributed by atoms with van der Waals surface area (Å²) in [4.78, 5) is 10.5. The van der Waals surface area contributed by atoms with Gasteiger partial charge in [0.25, 0.3) is 0 Å². The molecule has 0 aromatic heterocycles. The largest absolute Gasteiger partial charge is 0.492 e. The molecule has 0 atom stereocenters. The molecule has 0 fully saturated rings. The average Bonchev–Trinajstić information content (AvgIpc) is 2.12. The summed E-state index contributed by atoms with van der Waals surface area (Å²) in [6.45, 7) is 2.15. The molecule has 1 rings (SSSR count). The Morgan fingerprint density at radius 3 is 2.80 bits per heavy atom. The molecule has 0 radical (unpaired) electrons. The lowest BCUT2D eigenvalue weighted by Crippen LogP contribution is -2.04. The number of hydrogen-bond donors (Lipinski definition) is 1. The molecule has 0 unspecified atom stereocenters. The molecule has 1 N–H and O–H groups in total. The summed E-state index contributed by atoms with van der Waals surface area (Å²) in [5.41, 5.74) is -0.0668. The van der Waals surface area contributed by atoms with Crippen molar-refractivity contribution in [2.45, 2.75) is 6.92 Å². The Labute approximate surface area is 96.1 Å². The Bertz CT molecular complexity index is 385. The van der Waals surface area contributed by atoms with E-state index in [2.05, 4.69) is 5.32 Å². The number of amides is 1. The van der Waals surface area contributed by atoms with Crippen molar-refractivity contribution in [2.75, 3.05) is 11.9 Å². The van der Waals surface area contributed by atoms with Crippen LogP contribution in [0.25, 0.3) is 0 Å². The zero-order valence-corrected chi connectivity index (χ0v) is 9.32. The zero-order valence-electron chi connectivity index (χ0n) is 7.81. The summed E-state index contributed by atoms with van der Waals surface area (Å²) in [6, 6.07) is 2.33. The van der Waals surface area contributed by atoms with Crippen LogP contribution in [-0.2, 0) is 0 Å². The third-order valence-electron chi connectivity index (χ3n) is 1.55. The minimum atomic E-state index is -0.876. The van der Waals surface area contributed by atoms with Crippen LogP contribution in [0.5, 0.6) is 5.75 Å². The van der Waals surface area contributed by atoms with Crippen LogP contribution in [0.3, 0.4) is 0 Å². The van der Waals surface area contributed by atoms with Crippen molar-refractivity contribution in [3.8, 4) is 5.75 Å². The standard InChI is InChI=1S/C9H8Cl2FNO2/c1-2-15-8-4-7(13-9(11)14)6(12)3-5(8)10/h3-4H,2H2,1H3,(H,13,14). The van der Waals surface area contributed by atoms with Crippen molar-refractivity contribution in [3.63, 3.8) is 0 Å². The third-order valence-corrected chi connectivity index (χ3v) is 1.94. The van der Waals surface area contributed by atoms with Gasteiger partial charge in [0, 0.05) is 6.07 Å². The van der Waals surface area contributed by atoms with Gasteiger partial charge in [-0.1, -0.05) is 11.6 Å². The Kier molecular flexibility index (Phi) is 4.17. The first-order chi connectivity index (χ1) is 7.04. The number of carbonyl (C=O) groups is 1. The SMILES string of the molecule is CCOc1cc(NC(=O)Cl)c(F)cc1Cl. The molecule has 1 aromatic rings. The van der Waals surface area contributed by atoms with Gasteiger partial charge < -0.3 is 10.1 Å².